The molecule has 6 heteroatoms. The van der Waals surface area contributed by atoms with Crippen molar-refractivity contribution >= 4 is 15.6 Å². The first-order valence-electron chi connectivity index (χ1n) is 8.01. The van der Waals surface area contributed by atoms with Crippen molar-refractivity contribution in [2.45, 2.75) is 68.9 Å². The highest BCUT2D eigenvalue weighted by Crippen LogP contribution is 2.40. The Bertz CT molecular complexity index is 664. The Balaban J connectivity index is 1.81. The summed E-state index contributed by atoms with van der Waals surface area (Å²) in [4.78, 5) is 12.7. The van der Waals surface area contributed by atoms with Gasteiger partial charge in [0, 0.05) is 12.1 Å². The molecule has 0 radical (unpaired) electrons. The average molecular weight is 324 g/mol. The summed E-state index contributed by atoms with van der Waals surface area (Å²) in [6, 6.07) is 0. The number of nitrogens with zero attached hydrogens (tertiary/aromatic N) is 2. The minimum atomic E-state index is -3.01. The SMILES string of the molecule is CC(C)(C)n1cc(C(=O)C2CC3CCCC(C2)S3(=O)=O)cn1. The molecule has 2 saturated heterocycles. The molecule has 3 rings (SSSR count). The van der Waals surface area contributed by atoms with Crippen LogP contribution in [-0.2, 0) is 15.4 Å². The summed E-state index contributed by atoms with van der Waals surface area (Å²) in [5.74, 6) is -0.112. The van der Waals surface area contributed by atoms with Gasteiger partial charge in [0.05, 0.1) is 27.8 Å². The van der Waals surface area contributed by atoms with Crippen LogP contribution in [0.3, 0.4) is 0 Å². The number of carbonyl (C=O) groups excluding carboxylic acids is 1. The molecule has 0 spiro atoms. The van der Waals surface area contributed by atoms with Gasteiger partial charge < -0.3 is 0 Å². The van der Waals surface area contributed by atoms with Crippen molar-refractivity contribution in [2.24, 2.45) is 5.92 Å². The predicted molar refractivity (Wildman–Crippen MR) is 84.6 cm³/mol. The average Bonchev–Trinajstić information content (AvgIpc) is 2.85. The van der Waals surface area contributed by atoms with Crippen LogP contribution in [0.1, 0.15) is 63.2 Å². The number of sulfone groups is 1. The van der Waals surface area contributed by atoms with Crippen LogP contribution in [0.15, 0.2) is 12.4 Å². The third-order valence-corrected chi connectivity index (χ3v) is 7.72. The molecule has 2 fully saturated rings. The Morgan fingerprint density at radius 2 is 1.82 bits per heavy atom. The highest BCUT2D eigenvalue weighted by molar-refractivity contribution is 7.92. The van der Waals surface area contributed by atoms with E-state index in [1.807, 2.05) is 20.8 Å². The van der Waals surface area contributed by atoms with Crippen molar-refractivity contribution in [3.63, 3.8) is 0 Å². The number of ketones is 1. The summed E-state index contributed by atoms with van der Waals surface area (Å²) in [5, 5.41) is 3.66. The van der Waals surface area contributed by atoms with Gasteiger partial charge in [-0.25, -0.2) is 8.42 Å². The molecule has 2 unspecified atom stereocenters. The summed E-state index contributed by atoms with van der Waals surface area (Å²) >= 11 is 0. The first kappa shape index (κ1) is 15.7. The van der Waals surface area contributed by atoms with Crippen molar-refractivity contribution in [3.05, 3.63) is 18.0 Å². The zero-order valence-corrected chi connectivity index (χ0v) is 14.3. The molecule has 5 nitrogen and oxygen atoms in total. The number of rotatable bonds is 2. The van der Waals surface area contributed by atoms with Gasteiger partial charge in [-0.05, 0) is 46.5 Å². The van der Waals surface area contributed by atoms with E-state index in [2.05, 4.69) is 5.10 Å². The maximum absolute atomic E-state index is 12.7. The molecule has 1 aromatic heterocycles. The standard InChI is InChI=1S/C16H24N2O3S/c1-16(2,3)18-10-12(9-17-18)15(19)11-7-13-5-4-6-14(8-11)22(13,20)21/h9-11,13-14H,4-8H2,1-3H3. The summed E-state index contributed by atoms with van der Waals surface area (Å²) in [6.45, 7) is 6.10. The van der Waals surface area contributed by atoms with Gasteiger partial charge in [0.2, 0.25) is 0 Å². The molecule has 3 heterocycles. The van der Waals surface area contributed by atoms with E-state index in [-0.39, 0.29) is 27.7 Å². The number of hydrogen-bond acceptors (Lipinski definition) is 4. The van der Waals surface area contributed by atoms with E-state index < -0.39 is 9.84 Å². The molecule has 2 aliphatic rings. The van der Waals surface area contributed by atoms with Crippen LogP contribution in [-0.4, -0.2) is 34.5 Å². The summed E-state index contributed by atoms with van der Waals surface area (Å²) < 4.78 is 26.4. The molecule has 0 aromatic carbocycles. The van der Waals surface area contributed by atoms with E-state index in [0.717, 1.165) is 6.42 Å². The Labute approximate surface area is 132 Å². The minimum Gasteiger partial charge on any atom is -0.294 e. The maximum atomic E-state index is 12.7. The fourth-order valence-electron chi connectivity index (χ4n) is 3.68. The van der Waals surface area contributed by atoms with Crippen molar-refractivity contribution in [1.82, 2.24) is 9.78 Å². The van der Waals surface area contributed by atoms with Gasteiger partial charge >= 0.3 is 0 Å². The molecule has 22 heavy (non-hydrogen) atoms. The van der Waals surface area contributed by atoms with Gasteiger partial charge in [-0.2, -0.15) is 5.10 Å². The number of carbonyl (C=O) groups is 1. The van der Waals surface area contributed by atoms with Gasteiger partial charge in [0.15, 0.2) is 15.6 Å². The highest BCUT2D eigenvalue weighted by Gasteiger charge is 2.46. The number of Topliss-reactive ketones (excluding diaryl/α,β-unsaturated/α-hetero) is 1. The van der Waals surface area contributed by atoms with Crippen LogP contribution in [0, 0.1) is 5.92 Å². The summed E-state index contributed by atoms with van der Waals surface area (Å²) in [6.07, 6.45) is 6.77. The van der Waals surface area contributed by atoms with Gasteiger partial charge in [0.1, 0.15) is 0 Å². The quantitative estimate of drug-likeness (QED) is 0.784. The van der Waals surface area contributed by atoms with E-state index in [4.69, 9.17) is 0 Å². The molecule has 0 saturated carbocycles. The van der Waals surface area contributed by atoms with E-state index >= 15 is 0 Å². The fourth-order valence-corrected chi connectivity index (χ4v) is 6.21. The lowest BCUT2D eigenvalue weighted by Crippen LogP contribution is -2.45. The first-order chi connectivity index (χ1) is 10.2. The van der Waals surface area contributed by atoms with E-state index in [1.54, 1.807) is 17.1 Å². The minimum absolute atomic E-state index is 0.0577. The third kappa shape index (κ3) is 2.62. The van der Waals surface area contributed by atoms with Crippen molar-refractivity contribution < 1.29 is 13.2 Å². The maximum Gasteiger partial charge on any atom is 0.169 e. The lowest BCUT2D eigenvalue weighted by atomic mass is 9.85. The molecule has 2 bridgehead atoms. The molecule has 0 amide bonds. The lowest BCUT2D eigenvalue weighted by molar-refractivity contribution is 0.0894. The Hall–Kier alpha value is -1.17. The Morgan fingerprint density at radius 3 is 2.32 bits per heavy atom. The number of hydrogen-bond donors (Lipinski definition) is 0. The molecule has 2 atom stereocenters. The largest absolute Gasteiger partial charge is 0.294 e. The van der Waals surface area contributed by atoms with Crippen LogP contribution >= 0.6 is 0 Å². The molecule has 122 valence electrons. The topological polar surface area (TPSA) is 69.0 Å². The van der Waals surface area contributed by atoms with Gasteiger partial charge in [-0.1, -0.05) is 6.42 Å². The van der Waals surface area contributed by atoms with Crippen LogP contribution in [0.4, 0.5) is 0 Å². The lowest BCUT2D eigenvalue weighted by Gasteiger charge is -2.37. The summed E-state index contributed by atoms with van der Waals surface area (Å²) in [5.41, 5.74) is 0.447. The monoisotopic (exact) mass is 324 g/mol. The van der Waals surface area contributed by atoms with E-state index in [9.17, 15) is 13.2 Å². The van der Waals surface area contributed by atoms with E-state index in [0.29, 0.717) is 31.2 Å². The predicted octanol–water partition coefficient (Wildman–Crippen LogP) is 2.57. The van der Waals surface area contributed by atoms with Crippen molar-refractivity contribution in [1.29, 1.82) is 0 Å². The number of aromatic nitrogens is 2. The van der Waals surface area contributed by atoms with Gasteiger partial charge in [0.25, 0.3) is 0 Å². The third-order valence-electron chi connectivity index (χ3n) is 5.00. The zero-order chi connectivity index (χ0) is 16.1. The van der Waals surface area contributed by atoms with Crippen molar-refractivity contribution in [2.75, 3.05) is 0 Å². The van der Waals surface area contributed by atoms with Crippen molar-refractivity contribution in [3.8, 4) is 0 Å². The second-order valence-electron chi connectivity index (χ2n) is 7.64. The van der Waals surface area contributed by atoms with E-state index in [1.165, 1.54) is 0 Å². The molecular weight excluding hydrogens is 300 g/mol. The van der Waals surface area contributed by atoms with Gasteiger partial charge in [-0.15, -0.1) is 0 Å². The zero-order valence-electron chi connectivity index (χ0n) is 13.4. The van der Waals surface area contributed by atoms with Crippen LogP contribution in [0.25, 0.3) is 0 Å². The second-order valence-corrected chi connectivity index (χ2v) is 10.2. The van der Waals surface area contributed by atoms with Crippen LogP contribution in [0.2, 0.25) is 0 Å². The second kappa shape index (κ2) is 5.18. The molecule has 2 aliphatic heterocycles. The molecule has 0 N–H and O–H groups in total. The fraction of sp³-hybridized carbons (Fsp3) is 0.750. The molecule has 0 aliphatic carbocycles. The summed E-state index contributed by atoms with van der Waals surface area (Å²) in [7, 11) is -3.01. The normalized spacial score (nSPS) is 31.0. The molecular formula is C16H24N2O3S. The Kier molecular flexibility index (Phi) is 3.70. The molecule has 1 aromatic rings. The Morgan fingerprint density at radius 1 is 1.23 bits per heavy atom. The van der Waals surface area contributed by atoms with Gasteiger partial charge in [-0.3, -0.25) is 9.48 Å². The van der Waals surface area contributed by atoms with Crippen LogP contribution in [0.5, 0.6) is 0 Å². The highest BCUT2D eigenvalue weighted by atomic mass is 32.2. The smallest absolute Gasteiger partial charge is 0.169 e. The van der Waals surface area contributed by atoms with Crippen LogP contribution < -0.4 is 0 Å². The number of fused-ring (bicyclic) bond motifs is 2. The first-order valence-corrected chi connectivity index (χ1v) is 9.62.